The summed E-state index contributed by atoms with van der Waals surface area (Å²) in [6.45, 7) is 0. The molecule has 9 heteroatoms. The third-order valence-corrected chi connectivity index (χ3v) is 7.21. The van der Waals surface area contributed by atoms with E-state index in [1.165, 1.54) is 41.5 Å². The Bertz CT molecular complexity index is 1200. The minimum absolute atomic E-state index is 0.424. The van der Waals surface area contributed by atoms with Crippen molar-refractivity contribution >= 4 is 39.1 Å². The summed E-state index contributed by atoms with van der Waals surface area (Å²) in [6, 6.07) is 7.56. The van der Waals surface area contributed by atoms with Gasteiger partial charge < -0.3 is 14.9 Å². The molecule has 30 heavy (non-hydrogen) atoms. The second kappa shape index (κ2) is 8.23. The molecule has 3 aromatic heterocycles. The predicted molar refractivity (Wildman–Crippen MR) is 119 cm³/mol. The number of nitrogens with two attached hydrogens (primary N) is 1. The van der Waals surface area contributed by atoms with E-state index in [4.69, 9.17) is 19.9 Å². The van der Waals surface area contributed by atoms with Gasteiger partial charge in [-0.3, -0.25) is 0 Å². The monoisotopic (exact) mass is 439 g/mol. The number of benzene rings is 1. The van der Waals surface area contributed by atoms with E-state index in [1.807, 2.05) is 24.3 Å². The zero-order chi connectivity index (χ0) is 20.5. The Morgan fingerprint density at radius 2 is 2.00 bits per heavy atom. The van der Waals surface area contributed by atoms with Crippen LogP contribution in [-0.2, 0) is 18.6 Å². The van der Waals surface area contributed by atoms with Crippen LogP contribution in [0.2, 0.25) is 0 Å². The molecule has 5 rings (SSSR count). The van der Waals surface area contributed by atoms with Gasteiger partial charge in [0.2, 0.25) is 0 Å². The summed E-state index contributed by atoms with van der Waals surface area (Å²) in [7, 11) is 1.62. The first-order valence-electron chi connectivity index (χ1n) is 9.89. The number of fused-ring (bicyclic) bond motifs is 3. The molecular formula is C21H21N5O2S2. The summed E-state index contributed by atoms with van der Waals surface area (Å²) in [5, 5.41) is 9.80. The van der Waals surface area contributed by atoms with E-state index >= 15 is 0 Å². The second-order valence-electron chi connectivity index (χ2n) is 7.13. The van der Waals surface area contributed by atoms with Crippen LogP contribution in [0.5, 0.6) is 5.75 Å². The zero-order valence-electron chi connectivity index (χ0n) is 16.6. The molecule has 0 fully saturated rings. The number of aromatic nitrogens is 4. The Balaban J connectivity index is 1.36. The van der Waals surface area contributed by atoms with Crippen molar-refractivity contribution in [1.82, 2.24) is 20.2 Å². The Kier molecular flexibility index (Phi) is 5.30. The lowest BCUT2D eigenvalue weighted by atomic mass is 10.1. The Morgan fingerprint density at radius 1 is 1.13 bits per heavy atom. The van der Waals surface area contributed by atoms with Crippen molar-refractivity contribution < 1.29 is 9.15 Å². The maximum Gasteiger partial charge on any atom is 0.277 e. The van der Waals surface area contributed by atoms with Gasteiger partial charge in [-0.05, 0) is 43.4 Å². The lowest BCUT2D eigenvalue weighted by molar-refractivity contribution is 0.411. The minimum Gasteiger partial charge on any atom is -0.496 e. The maximum absolute atomic E-state index is 6.34. The summed E-state index contributed by atoms with van der Waals surface area (Å²) in [6.07, 6.45) is 5.92. The molecule has 1 aliphatic carbocycles. The molecule has 0 saturated heterocycles. The Morgan fingerprint density at radius 3 is 2.90 bits per heavy atom. The minimum atomic E-state index is 0.424. The number of rotatable bonds is 5. The molecule has 0 bridgehead atoms. The molecule has 3 heterocycles. The number of nitrogen functional groups attached to an aromatic ring is 1. The number of nitrogens with zero attached hydrogens (tertiary/aromatic N) is 4. The van der Waals surface area contributed by atoms with E-state index in [1.54, 1.807) is 18.4 Å². The fourth-order valence-electron chi connectivity index (χ4n) is 3.80. The van der Waals surface area contributed by atoms with Crippen LogP contribution in [0, 0.1) is 0 Å². The summed E-state index contributed by atoms with van der Waals surface area (Å²) in [4.78, 5) is 11.8. The van der Waals surface area contributed by atoms with Gasteiger partial charge >= 0.3 is 0 Å². The van der Waals surface area contributed by atoms with E-state index in [0.717, 1.165) is 28.6 Å². The normalized spacial score (nSPS) is 13.9. The Hall–Kier alpha value is -2.65. The number of ether oxygens (including phenoxy) is 1. The maximum atomic E-state index is 6.34. The molecule has 4 aromatic rings. The number of anilines is 1. The van der Waals surface area contributed by atoms with Crippen LogP contribution >= 0.6 is 23.1 Å². The number of hydrogen-bond acceptors (Lipinski definition) is 9. The van der Waals surface area contributed by atoms with Gasteiger partial charge in [-0.1, -0.05) is 30.3 Å². The van der Waals surface area contributed by atoms with Crippen LogP contribution in [-0.4, -0.2) is 27.3 Å². The van der Waals surface area contributed by atoms with Crippen LogP contribution in [0.3, 0.4) is 0 Å². The molecule has 2 N–H and O–H groups in total. The second-order valence-corrected chi connectivity index (χ2v) is 9.14. The summed E-state index contributed by atoms with van der Waals surface area (Å²) in [5.41, 5.74) is 8.47. The highest BCUT2D eigenvalue weighted by molar-refractivity contribution is 7.98. The predicted octanol–water partition coefficient (Wildman–Crippen LogP) is 4.89. The number of hydrogen-bond donors (Lipinski definition) is 1. The largest absolute Gasteiger partial charge is 0.496 e. The van der Waals surface area contributed by atoms with Gasteiger partial charge in [0.1, 0.15) is 22.2 Å². The summed E-state index contributed by atoms with van der Waals surface area (Å²) >= 11 is 3.16. The lowest BCUT2D eigenvalue weighted by Crippen LogP contribution is -2.00. The van der Waals surface area contributed by atoms with Crippen molar-refractivity contribution in [3.05, 3.63) is 40.5 Å². The molecule has 0 radical (unpaired) electrons. The smallest absolute Gasteiger partial charge is 0.277 e. The van der Waals surface area contributed by atoms with Gasteiger partial charge in [-0.25, -0.2) is 9.97 Å². The summed E-state index contributed by atoms with van der Waals surface area (Å²) in [5.74, 6) is 2.88. The molecule has 0 amide bonds. The van der Waals surface area contributed by atoms with E-state index in [2.05, 4.69) is 15.2 Å². The number of para-hydroxylation sites is 1. The number of thioether (sulfide) groups is 1. The fourth-order valence-corrected chi connectivity index (χ4v) is 5.70. The first-order valence-corrected chi connectivity index (χ1v) is 11.7. The standard InChI is InChI=1S/C21H21N5O2S2/c1-27-14-9-6-5-7-12(14)19-25-26-21(28-19)29-11-16-23-18(22)17-13-8-3-2-4-10-15(13)30-20(17)24-16/h5-7,9H,2-4,8,10-11H2,1H3,(H2,22,23,24). The number of aryl methyl sites for hydroxylation is 2. The number of methoxy groups -OCH3 is 1. The Labute approximate surface area is 182 Å². The van der Waals surface area contributed by atoms with Gasteiger partial charge in [0.25, 0.3) is 11.1 Å². The summed E-state index contributed by atoms with van der Waals surface area (Å²) < 4.78 is 11.2. The molecule has 1 aliphatic rings. The van der Waals surface area contributed by atoms with Gasteiger partial charge in [0.15, 0.2) is 0 Å². The first kappa shape index (κ1) is 19.3. The van der Waals surface area contributed by atoms with Crippen molar-refractivity contribution in [2.75, 3.05) is 12.8 Å². The van der Waals surface area contributed by atoms with Crippen LogP contribution < -0.4 is 10.5 Å². The molecule has 1 aromatic carbocycles. The molecular weight excluding hydrogens is 418 g/mol. The molecule has 0 aliphatic heterocycles. The van der Waals surface area contributed by atoms with E-state index in [9.17, 15) is 0 Å². The molecule has 0 saturated carbocycles. The van der Waals surface area contributed by atoms with E-state index in [0.29, 0.717) is 34.3 Å². The fraction of sp³-hybridized carbons (Fsp3) is 0.333. The SMILES string of the molecule is COc1ccccc1-c1nnc(SCc2nc(N)c3c4c(sc3n2)CCCCC4)o1. The van der Waals surface area contributed by atoms with Gasteiger partial charge in [-0.2, -0.15) is 0 Å². The van der Waals surface area contributed by atoms with E-state index in [-0.39, 0.29) is 0 Å². The molecule has 0 unspecified atom stereocenters. The van der Waals surface area contributed by atoms with Gasteiger partial charge in [0, 0.05) is 4.88 Å². The average molecular weight is 440 g/mol. The van der Waals surface area contributed by atoms with Gasteiger partial charge in [-0.15, -0.1) is 21.5 Å². The number of thiophene rings is 1. The third-order valence-electron chi connectivity index (χ3n) is 5.21. The van der Waals surface area contributed by atoms with Crippen LogP contribution in [0.1, 0.15) is 35.5 Å². The lowest BCUT2D eigenvalue weighted by Gasteiger charge is -2.04. The highest BCUT2D eigenvalue weighted by Gasteiger charge is 2.20. The molecule has 0 atom stereocenters. The van der Waals surface area contributed by atoms with Crippen molar-refractivity contribution in [2.45, 2.75) is 43.1 Å². The van der Waals surface area contributed by atoms with Crippen molar-refractivity contribution in [1.29, 1.82) is 0 Å². The molecule has 0 spiro atoms. The van der Waals surface area contributed by atoms with Crippen molar-refractivity contribution in [3.63, 3.8) is 0 Å². The highest BCUT2D eigenvalue weighted by atomic mass is 32.2. The van der Waals surface area contributed by atoms with Crippen LogP contribution in [0.4, 0.5) is 5.82 Å². The average Bonchev–Trinajstić information content (AvgIpc) is 3.30. The topological polar surface area (TPSA) is 100.0 Å². The highest BCUT2D eigenvalue weighted by Crippen LogP contribution is 2.38. The molecule has 154 valence electrons. The van der Waals surface area contributed by atoms with E-state index < -0.39 is 0 Å². The van der Waals surface area contributed by atoms with Crippen LogP contribution in [0.25, 0.3) is 21.7 Å². The van der Waals surface area contributed by atoms with Crippen molar-refractivity contribution in [2.24, 2.45) is 0 Å². The van der Waals surface area contributed by atoms with Gasteiger partial charge in [0.05, 0.1) is 23.8 Å². The third kappa shape index (κ3) is 3.63. The van der Waals surface area contributed by atoms with Crippen LogP contribution in [0.15, 0.2) is 33.9 Å². The quantitative estimate of drug-likeness (QED) is 0.346. The first-order chi connectivity index (χ1) is 14.7. The molecule has 7 nitrogen and oxygen atoms in total. The van der Waals surface area contributed by atoms with Crippen molar-refractivity contribution in [3.8, 4) is 17.2 Å². The zero-order valence-corrected chi connectivity index (χ0v) is 18.2.